The van der Waals surface area contributed by atoms with Gasteiger partial charge in [0.05, 0.1) is 26.3 Å². The summed E-state index contributed by atoms with van der Waals surface area (Å²) in [4.78, 5) is 46.4. The highest BCUT2D eigenvalue weighted by Crippen LogP contribution is 2.34. The summed E-state index contributed by atoms with van der Waals surface area (Å²) < 4.78 is 22.7. The summed E-state index contributed by atoms with van der Waals surface area (Å²) in [6.07, 6.45) is 8.09. The number of amides is 2. The fourth-order valence-corrected chi connectivity index (χ4v) is 6.30. The summed E-state index contributed by atoms with van der Waals surface area (Å²) in [7, 11) is 2.89. The van der Waals surface area contributed by atoms with Crippen LogP contribution in [0.3, 0.4) is 0 Å². The lowest BCUT2D eigenvalue weighted by Crippen LogP contribution is -2.57. The number of likely N-dealkylation sites (tertiary alicyclic amines) is 1. The van der Waals surface area contributed by atoms with Crippen molar-refractivity contribution >= 4 is 34.9 Å². The molecule has 2 aliphatic rings. The van der Waals surface area contributed by atoms with Crippen LogP contribution in [0.4, 0.5) is 4.79 Å². The van der Waals surface area contributed by atoms with Gasteiger partial charge in [-0.15, -0.1) is 6.58 Å². The molecule has 1 aromatic heterocycles. The minimum atomic E-state index is -0.949. The van der Waals surface area contributed by atoms with Crippen LogP contribution in [-0.4, -0.2) is 72.9 Å². The topological polar surface area (TPSA) is 116 Å². The summed E-state index contributed by atoms with van der Waals surface area (Å²) in [6, 6.07) is 5.56. The molecule has 2 amide bonds. The summed E-state index contributed by atoms with van der Waals surface area (Å²) in [6.45, 7) is 13.4. The van der Waals surface area contributed by atoms with Gasteiger partial charge in [0, 0.05) is 13.2 Å². The van der Waals surface area contributed by atoms with Crippen LogP contribution in [0, 0.1) is 11.3 Å². The van der Waals surface area contributed by atoms with E-state index in [1.54, 1.807) is 13.2 Å². The predicted octanol–water partition coefficient (Wildman–Crippen LogP) is 6.32. The number of methoxy groups -OCH3 is 2. The summed E-state index contributed by atoms with van der Waals surface area (Å²) in [5.74, 6) is 0.497. The highest BCUT2D eigenvalue weighted by Gasteiger charge is 2.46. The van der Waals surface area contributed by atoms with Gasteiger partial charge in [-0.05, 0) is 80.2 Å². The van der Waals surface area contributed by atoms with Crippen LogP contribution in [0.1, 0.15) is 72.8 Å². The number of hydrogen-bond donors (Lipinski definition) is 1. The van der Waals surface area contributed by atoms with Crippen molar-refractivity contribution in [1.29, 1.82) is 0 Å². The number of carbonyl (C=O) groups excluding carboxylic acids is 3. The van der Waals surface area contributed by atoms with Gasteiger partial charge in [0.25, 0.3) is 0 Å². The van der Waals surface area contributed by atoms with E-state index >= 15 is 0 Å². The first-order valence-electron chi connectivity index (χ1n) is 15.7. The van der Waals surface area contributed by atoms with Gasteiger partial charge in [-0.1, -0.05) is 33.4 Å². The Morgan fingerprint density at radius 1 is 1.18 bits per heavy atom. The van der Waals surface area contributed by atoms with Crippen LogP contribution in [0.15, 0.2) is 43.5 Å². The number of nitrogens with zero attached hydrogens (tertiary/aromatic N) is 2. The first kappa shape index (κ1) is 33.8. The molecular weight excluding hydrogens is 574 g/mol. The maximum atomic E-state index is 14.1. The number of esters is 1. The molecule has 1 aliphatic heterocycles. The van der Waals surface area contributed by atoms with Gasteiger partial charge in [-0.3, -0.25) is 4.79 Å². The third-order valence-corrected chi connectivity index (χ3v) is 8.73. The Hall–Kier alpha value is -4.08. The highest BCUT2D eigenvalue weighted by molar-refractivity contribution is 5.91. The molecule has 2 heterocycles. The van der Waals surface area contributed by atoms with Crippen molar-refractivity contribution in [3.8, 4) is 11.5 Å². The number of hydrogen-bond acceptors (Lipinski definition) is 8. The maximum absolute atomic E-state index is 14.1. The molecule has 0 bridgehead atoms. The van der Waals surface area contributed by atoms with Gasteiger partial charge in [-0.25, -0.2) is 14.6 Å². The van der Waals surface area contributed by atoms with Crippen LogP contribution in [0.25, 0.3) is 17.0 Å². The summed E-state index contributed by atoms with van der Waals surface area (Å²) in [5.41, 5.74) is 0.616. The van der Waals surface area contributed by atoms with E-state index < -0.39 is 41.6 Å². The van der Waals surface area contributed by atoms with E-state index in [0.29, 0.717) is 23.1 Å². The van der Waals surface area contributed by atoms with E-state index in [4.69, 9.17) is 18.9 Å². The monoisotopic (exact) mass is 623 g/mol. The van der Waals surface area contributed by atoms with Crippen molar-refractivity contribution in [3.63, 3.8) is 0 Å². The molecule has 10 nitrogen and oxygen atoms in total. The van der Waals surface area contributed by atoms with Crippen LogP contribution < -0.4 is 14.8 Å². The lowest BCUT2D eigenvalue weighted by Gasteiger charge is -2.35. The van der Waals surface area contributed by atoms with Crippen molar-refractivity contribution in [1.82, 2.24) is 15.2 Å². The number of aromatic nitrogens is 1. The van der Waals surface area contributed by atoms with Crippen LogP contribution in [-0.2, 0) is 19.1 Å². The number of alkyl carbamates (subject to hydrolysis) is 1. The number of allylic oxidation sites excluding steroid dienone is 1. The molecule has 0 unspecified atom stereocenters. The molecule has 1 saturated heterocycles. The molecule has 1 saturated carbocycles. The molecule has 4 rings (SSSR count). The molecule has 1 N–H and O–H groups in total. The molecule has 2 aromatic rings. The first-order chi connectivity index (χ1) is 21.5. The normalized spacial score (nSPS) is 22.0. The van der Waals surface area contributed by atoms with Gasteiger partial charge >= 0.3 is 12.1 Å². The number of nitrogens with one attached hydrogen (secondary N) is 1. The van der Waals surface area contributed by atoms with E-state index in [2.05, 4.69) is 23.5 Å². The molecule has 0 spiro atoms. The molecule has 1 aromatic carbocycles. The van der Waals surface area contributed by atoms with Crippen LogP contribution in [0.2, 0.25) is 0 Å². The average molecular weight is 624 g/mol. The van der Waals surface area contributed by atoms with Crippen molar-refractivity contribution in [2.45, 2.75) is 90.0 Å². The van der Waals surface area contributed by atoms with E-state index in [-0.39, 0.29) is 20.5 Å². The summed E-state index contributed by atoms with van der Waals surface area (Å²) in [5, 5.41) is 3.65. The van der Waals surface area contributed by atoms with Gasteiger partial charge < -0.3 is 29.2 Å². The Balaban J connectivity index is 0.00000576. The summed E-state index contributed by atoms with van der Waals surface area (Å²) >= 11 is 0. The standard InChI is InChI=1S/C35H47N3O7.H2/c1-8-10-11-13-22-14-12-15-29(22)45-34(41)37-31(35(3,4)5)32(39)38-21-25(20-28(38)33(40)43-7)44-30-19-23-18-24(42-6)16-17-27(23)36-26(30)9-2;/h8-9,16-19,22,25,28-29,31H,1-2,10-15,20-21H2,3-7H3,(H,37,41);1H/t22-,25-,28+,29-,31-;/m1./s1. The smallest absolute Gasteiger partial charge is 0.408 e. The SMILES string of the molecule is C=CCCC[C@@H]1CCC[C@H]1OC(=O)N[C@H](C(=O)N1C[C@H](Oc2cc3cc(OC)ccc3nc2C=C)C[C@H]1C(=O)OC)C(C)(C)C.[HH]. The van der Waals surface area contributed by atoms with E-state index in [9.17, 15) is 14.4 Å². The largest absolute Gasteiger partial charge is 0.497 e. The van der Waals surface area contributed by atoms with Gasteiger partial charge in [0.2, 0.25) is 5.91 Å². The Morgan fingerprint density at radius 2 is 1.96 bits per heavy atom. The molecule has 2 fully saturated rings. The van der Waals surface area contributed by atoms with Crippen molar-refractivity contribution in [3.05, 3.63) is 49.2 Å². The van der Waals surface area contributed by atoms with Crippen molar-refractivity contribution in [2.24, 2.45) is 11.3 Å². The second-order valence-electron chi connectivity index (χ2n) is 12.9. The van der Waals surface area contributed by atoms with Crippen LogP contribution >= 0.6 is 0 Å². The fourth-order valence-electron chi connectivity index (χ4n) is 6.30. The minimum absolute atomic E-state index is 0. The highest BCUT2D eigenvalue weighted by atomic mass is 16.6. The van der Waals surface area contributed by atoms with E-state index in [0.717, 1.165) is 49.4 Å². The molecule has 10 heteroatoms. The first-order valence-corrected chi connectivity index (χ1v) is 15.7. The zero-order valence-corrected chi connectivity index (χ0v) is 27.2. The Labute approximate surface area is 267 Å². The van der Waals surface area contributed by atoms with Gasteiger partial charge in [0.15, 0.2) is 0 Å². The third kappa shape index (κ3) is 8.15. The zero-order chi connectivity index (χ0) is 32.7. The molecule has 0 radical (unpaired) electrons. The number of unbranched alkanes of at least 4 members (excludes halogenated alkanes) is 1. The minimum Gasteiger partial charge on any atom is -0.497 e. The van der Waals surface area contributed by atoms with E-state index in [1.165, 1.54) is 12.0 Å². The van der Waals surface area contributed by atoms with Crippen molar-refractivity contribution in [2.75, 3.05) is 20.8 Å². The maximum Gasteiger partial charge on any atom is 0.408 e. The van der Waals surface area contributed by atoms with E-state index in [1.807, 2.05) is 51.1 Å². The number of fused-ring (bicyclic) bond motifs is 1. The lowest BCUT2D eigenvalue weighted by molar-refractivity contribution is -0.152. The number of pyridine rings is 1. The average Bonchev–Trinajstić information content (AvgIpc) is 3.64. The molecule has 1 aliphatic carbocycles. The number of benzene rings is 1. The quantitative estimate of drug-likeness (QED) is 0.166. The number of rotatable bonds is 12. The second kappa shape index (κ2) is 14.8. The number of ether oxygens (including phenoxy) is 4. The molecular formula is C35H49N3O7. The molecule has 246 valence electrons. The molecule has 45 heavy (non-hydrogen) atoms. The zero-order valence-electron chi connectivity index (χ0n) is 27.2. The van der Waals surface area contributed by atoms with Crippen LogP contribution in [0.5, 0.6) is 11.5 Å². The van der Waals surface area contributed by atoms with Gasteiger partial charge in [-0.2, -0.15) is 0 Å². The fraction of sp³-hybridized carbons (Fsp3) is 0.543. The molecule has 5 atom stereocenters. The van der Waals surface area contributed by atoms with Gasteiger partial charge in [0.1, 0.15) is 41.5 Å². The third-order valence-electron chi connectivity index (χ3n) is 8.73. The second-order valence-corrected chi connectivity index (χ2v) is 12.9. The predicted molar refractivity (Wildman–Crippen MR) is 175 cm³/mol. The van der Waals surface area contributed by atoms with Crippen molar-refractivity contribution < 1.29 is 34.8 Å². The Kier molecular flexibility index (Phi) is 11.1. The lowest BCUT2D eigenvalue weighted by atomic mass is 9.85. The Morgan fingerprint density at radius 3 is 2.62 bits per heavy atom. The Bertz CT molecular complexity index is 1410. The number of carbonyl (C=O) groups is 3.